The first-order chi connectivity index (χ1) is 9.56. The molecule has 0 heterocycles. The summed E-state index contributed by atoms with van der Waals surface area (Å²) in [4.78, 5) is 13.8. The number of amides is 1. The first kappa shape index (κ1) is 16.8. The van der Waals surface area contributed by atoms with E-state index in [1.807, 2.05) is 37.2 Å². The number of anilines is 2. The molecule has 1 aromatic rings. The van der Waals surface area contributed by atoms with Crippen LogP contribution in [0.25, 0.3) is 0 Å². The van der Waals surface area contributed by atoms with Gasteiger partial charge in [0.1, 0.15) is 0 Å². The van der Waals surface area contributed by atoms with Gasteiger partial charge in [0.25, 0.3) is 0 Å². The minimum Gasteiger partial charge on any atom is -0.375 e. The molecule has 0 aliphatic rings. The molecule has 0 radical (unpaired) electrons. The summed E-state index contributed by atoms with van der Waals surface area (Å²) in [5, 5.41) is 3.57. The van der Waals surface area contributed by atoms with Gasteiger partial charge in [0.15, 0.2) is 0 Å². The molecular formula is C15H24ClN3O. The summed E-state index contributed by atoms with van der Waals surface area (Å²) in [5.41, 5.74) is 7.03. The van der Waals surface area contributed by atoms with Crippen molar-refractivity contribution in [3.8, 4) is 0 Å². The normalized spacial score (nSPS) is 10.4. The smallest absolute Gasteiger partial charge is 0.224 e. The number of rotatable bonds is 8. The lowest BCUT2D eigenvalue weighted by atomic mass is 10.1. The van der Waals surface area contributed by atoms with Crippen LogP contribution in [0.4, 0.5) is 11.4 Å². The number of benzene rings is 1. The van der Waals surface area contributed by atoms with E-state index in [0.717, 1.165) is 43.6 Å². The van der Waals surface area contributed by atoms with Crippen LogP contribution in [0.2, 0.25) is 5.02 Å². The second kappa shape index (κ2) is 8.82. The summed E-state index contributed by atoms with van der Waals surface area (Å²) < 4.78 is 0. The van der Waals surface area contributed by atoms with E-state index >= 15 is 0 Å². The van der Waals surface area contributed by atoms with Crippen LogP contribution in [-0.4, -0.2) is 26.5 Å². The second-order valence-corrected chi connectivity index (χ2v) is 5.44. The van der Waals surface area contributed by atoms with E-state index in [0.29, 0.717) is 11.4 Å². The molecule has 0 saturated carbocycles. The average Bonchev–Trinajstić information content (AvgIpc) is 2.38. The predicted octanol–water partition coefficient (Wildman–Crippen LogP) is 3.25. The molecule has 0 atom stereocenters. The largest absolute Gasteiger partial charge is 0.375 e. The molecule has 0 unspecified atom stereocenters. The van der Waals surface area contributed by atoms with Crippen molar-refractivity contribution in [2.75, 3.05) is 30.9 Å². The van der Waals surface area contributed by atoms with Crippen molar-refractivity contribution >= 4 is 28.9 Å². The van der Waals surface area contributed by atoms with E-state index < -0.39 is 0 Å². The molecule has 1 aromatic carbocycles. The molecule has 112 valence electrons. The van der Waals surface area contributed by atoms with E-state index in [4.69, 9.17) is 17.3 Å². The van der Waals surface area contributed by atoms with Crippen molar-refractivity contribution in [1.29, 1.82) is 0 Å². The van der Waals surface area contributed by atoms with Gasteiger partial charge in [-0.1, -0.05) is 30.5 Å². The van der Waals surface area contributed by atoms with Gasteiger partial charge >= 0.3 is 0 Å². The van der Waals surface area contributed by atoms with Crippen LogP contribution in [0.15, 0.2) is 18.2 Å². The van der Waals surface area contributed by atoms with Crippen molar-refractivity contribution in [2.45, 2.75) is 32.1 Å². The highest BCUT2D eigenvalue weighted by Gasteiger charge is 2.11. The number of para-hydroxylation sites is 1. The fraction of sp³-hybridized carbons (Fsp3) is 0.533. The van der Waals surface area contributed by atoms with Crippen molar-refractivity contribution in [3.05, 3.63) is 23.2 Å². The number of nitrogens with zero attached hydrogens (tertiary/aromatic N) is 1. The number of halogens is 1. The Bertz CT molecular complexity index is 435. The Morgan fingerprint density at radius 2 is 1.95 bits per heavy atom. The van der Waals surface area contributed by atoms with E-state index in [1.54, 1.807) is 0 Å². The van der Waals surface area contributed by atoms with Crippen LogP contribution in [-0.2, 0) is 4.79 Å². The molecule has 1 rings (SSSR count). The average molecular weight is 298 g/mol. The maximum atomic E-state index is 11.9. The van der Waals surface area contributed by atoms with Gasteiger partial charge < -0.3 is 16.0 Å². The van der Waals surface area contributed by atoms with E-state index in [2.05, 4.69) is 5.32 Å². The summed E-state index contributed by atoms with van der Waals surface area (Å²) in [6.07, 6.45) is 4.58. The zero-order chi connectivity index (χ0) is 15.0. The van der Waals surface area contributed by atoms with Gasteiger partial charge in [-0.15, -0.1) is 0 Å². The van der Waals surface area contributed by atoms with E-state index in [-0.39, 0.29) is 5.91 Å². The molecule has 0 spiro atoms. The number of hydrogen-bond acceptors (Lipinski definition) is 3. The van der Waals surface area contributed by atoms with Gasteiger partial charge in [-0.2, -0.15) is 0 Å². The van der Waals surface area contributed by atoms with Crippen LogP contribution < -0.4 is 16.0 Å². The minimum atomic E-state index is 0.0307. The number of unbranched alkanes of at least 4 members (excludes halogenated alkanes) is 3. The Morgan fingerprint density at radius 3 is 2.60 bits per heavy atom. The van der Waals surface area contributed by atoms with Crippen molar-refractivity contribution in [3.63, 3.8) is 0 Å². The van der Waals surface area contributed by atoms with Crippen LogP contribution in [0.5, 0.6) is 0 Å². The Morgan fingerprint density at radius 1 is 1.25 bits per heavy atom. The standard InChI is InChI=1S/C15H24ClN3O/c1-19(2)15-12(16)8-7-9-13(15)18-14(20)10-5-3-4-6-11-17/h7-9H,3-6,10-11,17H2,1-2H3,(H,18,20). The Labute approximate surface area is 126 Å². The monoisotopic (exact) mass is 297 g/mol. The van der Waals surface area contributed by atoms with Gasteiger partial charge in [0.05, 0.1) is 16.4 Å². The molecule has 0 bridgehead atoms. The molecule has 1 amide bonds. The summed E-state index contributed by atoms with van der Waals surface area (Å²) in [6.45, 7) is 0.723. The zero-order valence-corrected chi connectivity index (χ0v) is 13.0. The summed E-state index contributed by atoms with van der Waals surface area (Å²) in [6, 6.07) is 5.53. The Kier molecular flexibility index (Phi) is 7.41. The van der Waals surface area contributed by atoms with E-state index in [9.17, 15) is 4.79 Å². The molecule has 3 N–H and O–H groups in total. The molecule has 4 nitrogen and oxygen atoms in total. The highest BCUT2D eigenvalue weighted by Crippen LogP contribution is 2.32. The third-order valence-corrected chi connectivity index (χ3v) is 3.37. The molecular weight excluding hydrogens is 274 g/mol. The number of carbonyl (C=O) groups is 1. The number of carbonyl (C=O) groups excluding carboxylic acids is 1. The first-order valence-corrected chi connectivity index (χ1v) is 7.39. The highest BCUT2D eigenvalue weighted by molar-refractivity contribution is 6.34. The van der Waals surface area contributed by atoms with Crippen LogP contribution in [0.1, 0.15) is 32.1 Å². The Balaban J connectivity index is 2.52. The summed E-state index contributed by atoms with van der Waals surface area (Å²) in [5.74, 6) is 0.0307. The molecule has 0 aliphatic carbocycles. The fourth-order valence-corrected chi connectivity index (χ4v) is 2.41. The summed E-state index contributed by atoms with van der Waals surface area (Å²) in [7, 11) is 3.81. The van der Waals surface area contributed by atoms with Crippen molar-refractivity contribution in [2.24, 2.45) is 5.73 Å². The third kappa shape index (κ3) is 5.39. The SMILES string of the molecule is CN(C)c1c(Cl)cccc1NC(=O)CCCCCCN. The molecule has 0 aliphatic heterocycles. The molecule has 0 saturated heterocycles. The van der Waals surface area contributed by atoms with Gasteiger partial charge in [0.2, 0.25) is 5.91 Å². The topological polar surface area (TPSA) is 58.4 Å². The van der Waals surface area contributed by atoms with Gasteiger partial charge in [-0.25, -0.2) is 0 Å². The quantitative estimate of drug-likeness (QED) is 0.724. The lowest BCUT2D eigenvalue weighted by Crippen LogP contribution is -2.16. The van der Waals surface area contributed by atoms with E-state index in [1.165, 1.54) is 0 Å². The third-order valence-electron chi connectivity index (χ3n) is 3.07. The van der Waals surface area contributed by atoms with Crippen LogP contribution in [0, 0.1) is 0 Å². The second-order valence-electron chi connectivity index (χ2n) is 5.03. The highest BCUT2D eigenvalue weighted by atomic mass is 35.5. The lowest BCUT2D eigenvalue weighted by Gasteiger charge is -2.19. The minimum absolute atomic E-state index is 0.0307. The summed E-state index contributed by atoms with van der Waals surface area (Å²) >= 11 is 6.16. The lowest BCUT2D eigenvalue weighted by molar-refractivity contribution is -0.116. The fourth-order valence-electron chi connectivity index (χ4n) is 2.07. The zero-order valence-electron chi connectivity index (χ0n) is 12.3. The van der Waals surface area contributed by atoms with Crippen LogP contribution >= 0.6 is 11.6 Å². The number of nitrogens with one attached hydrogen (secondary N) is 1. The van der Waals surface area contributed by atoms with Crippen molar-refractivity contribution in [1.82, 2.24) is 0 Å². The predicted molar refractivity (Wildman–Crippen MR) is 86.5 cm³/mol. The van der Waals surface area contributed by atoms with Gasteiger partial charge in [0, 0.05) is 20.5 Å². The first-order valence-electron chi connectivity index (χ1n) is 7.02. The molecule has 20 heavy (non-hydrogen) atoms. The van der Waals surface area contributed by atoms with Crippen LogP contribution in [0.3, 0.4) is 0 Å². The van der Waals surface area contributed by atoms with Gasteiger partial charge in [-0.3, -0.25) is 4.79 Å². The number of hydrogen-bond donors (Lipinski definition) is 2. The molecule has 0 fully saturated rings. The van der Waals surface area contributed by atoms with Crippen molar-refractivity contribution < 1.29 is 4.79 Å². The Hall–Kier alpha value is -1.26. The maximum absolute atomic E-state index is 11.9. The molecule has 5 heteroatoms. The van der Waals surface area contributed by atoms with Gasteiger partial charge in [-0.05, 0) is 31.5 Å². The maximum Gasteiger partial charge on any atom is 0.224 e. The molecule has 0 aromatic heterocycles. The number of nitrogens with two attached hydrogens (primary N) is 1.